The highest BCUT2D eigenvalue weighted by Crippen LogP contribution is 2.15. The summed E-state index contributed by atoms with van der Waals surface area (Å²) >= 11 is 1.13. The van der Waals surface area contributed by atoms with Crippen LogP contribution in [0.4, 0.5) is 0 Å². The van der Waals surface area contributed by atoms with Crippen molar-refractivity contribution in [1.29, 1.82) is 0 Å². The van der Waals surface area contributed by atoms with Crippen molar-refractivity contribution in [3.63, 3.8) is 0 Å². The highest BCUT2D eigenvalue weighted by atomic mass is 32.2. The number of nitrogens with one attached hydrogen (secondary N) is 1. The maximum Gasteiger partial charge on any atom is 0.313 e. The van der Waals surface area contributed by atoms with Crippen molar-refractivity contribution < 1.29 is 14.7 Å². The van der Waals surface area contributed by atoms with Gasteiger partial charge in [0.2, 0.25) is 5.91 Å². The van der Waals surface area contributed by atoms with Crippen molar-refractivity contribution in [1.82, 2.24) is 10.2 Å². The van der Waals surface area contributed by atoms with E-state index in [9.17, 15) is 9.59 Å². The van der Waals surface area contributed by atoms with Crippen LogP contribution in [0.5, 0.6) is 0 Å². The fourth-order valence-corrected chi connectivity index (χ4v) is 2.66. The first kappa shape index (κ1) is 16.3. The monoisotopic (exact) mass is 288 g/mol. The van der Waals surface area contributed by atoms with Crippen molar-refractivity contribution in [2.75, 3.05) is 37.7 Å². The van der Waals surface area contributed by atoms with Gasteiger partial charge in [-0.3, -0.25) is 9.59 Å². The Morgan fingerprint density at radius 3 is 2.63 bits per heavy atom. The fraction of sp³-hybridized carbons (Fsp3) is 0.846. The van der Waals surface area contributed by atoms with Crippen LogP contribution in [0.2, 0.25) is 0 Å². The number of carboxylic acid groups (broad SMARTS) is 1. The summed E-state index contributed by atoms with van der Waals surface area (Å²) in [4.78, 5) is 24.1. The molecular weight excluding hydrogens is 264 g/mol. The molecule has 0 saturated carbocycles. The maximum absolute atomic E-state index is 11.4. The van der Waals surface area contributed by atoms with Crippen LogP contribution >= 0.6 is 11.8 Å². The average molecular weight is 288 g/mol. The molecule has 0 bridgehead atoms. The van der Waals surface area contributed by atoms with Gasteiger partial charge in [-0.2, -0.15) is 0 Å². The molecule has 0 radical (unpaired) electrons. The molecule has 0 atom stereocenters. The lowest BCUT2D eigenvalue weighted by Crippen LogP contribution is -2.35. The topological polar surface area (TPSA) is 69.6 Å². The van der Waals surface area contributed by atoms with Crippen LogP contribution in [-0.4, -0.2) is 59.6 Å². The Balaban J connectivity index is 1.95. The van der Waals surface area contributed by atoms with E-state index in [0.29, 0.717) is 6.54 Å². The molecule has 2 N–H and O–H groups in total. The number of carbonyl (C=O) groups is 2. The van der Waals surface area contributed by atoms with E-state index in [0.717, 1.165) is 30.6 Å². The smallest absolute Gasteiger partial charge is 0.313 e. The molecule has 1 amide bonds. The number of carbonyl (C=O) groups excluding carboxylic acids is 1. The predicted molar refractivity (Wildman–Crippen MR) is 77.4 cm³/mol. The van der Waals surface area contributed by atoms with E-state index >= 15 is 0 Å². The third kappa shape index (κ3) is 8.10. The van der Waals surface area contributed by atoms with Gasteiger partial charge in [0.1, 0.15) is 0 Å². The fourth-order valence-electron chi connectivity index (χ4n) is 2.10. The number of hydrogen-bond acceptors (Lipinski definition) is 4. The van der Waals surface area contributed by atoms with Gasteiger partial charge in [0.15, 0.2) is 0 Å². The second kappa shape index (κ2) is 9.20. The Labute approximate surface area is 119 Å². The van der Waals surface area contributed by atoms with Gasteiger partial charge < -0.3 is 15.3 Å². The maximum atomic E-state index is 11.4. The Hall–Kier alpha value is -0.750. The largest absolute Gasteiger partial charge is 0.481 e. The zero-order valence-corrected chi connectivity index (χ0v) is 12.4. The van der Waals surface area contributed by atoms with E-state index in [4.69, 9.17) is 5.11 Å². The molecule has 1 saturated heterocycles. The van der Waals surface area contributed by atoms with Crippen molar-refractivity contribution in [3.8, 4) is 0 Å². The van der Waals surface area contributed by atoms with Gasteiger partial charge in [-0.1, -0.05) is 6.92 Å². The minimum absolute atomic E-state index is 0.0145. The number of amides is 1. The predicted octanol–water partition coefficient (Wildman–Crippen LogP) is 1.04. The Bertz CT molecular complexity index is 292. The van der Waals surface area contributed by atoms with Crippen LogP contribution in [0, 0.1) is 5.92 Å². The molecule has 1 aliphatic heterocycles. The van der Waals surface area contributed by atoms with Gasteiger partial charge in [-0.15, -0.1) is 11.8 Å². The van der Waals surface area contributed by atoms with E-state index in [1.54, 1.807) is 0 Å². The molecule has 0 unspecified atom stereocenters. The van der Waals surface area contributed by atoms with Crippen LogP contribution < -0.4 is 5.32 Å². The van der Waals surface area contributed by atoms with Crippen LogP contribution in [-0.2, 0) is 9.59 Å². The molecule has 0 aromatic carbocycles. The molecule has 1 fully saturated rings. The summed E-state index contributed by atoms with van der Waals surface area (Å²) in [6.45, 7) is 6.35. The standard InChI is InChI=1S/C13H24N2O3S/c1-11-3-7-15(8-4-11)6-2-5-14-12(16)9-19-10-13(17)18/h11H,2-10H2,1H3,(H,14,16)(H,17,18). The molecule has 0 aliphatic carbocycles. The molecular formula is C13H24N2O3S. The summed E-state index contributed by atoms with van der Waals surface area (Å²) in [6, 6.07) is 0. The quantitative estimate of drug-likeness (QED) is 0.653. The molecule has 19 heavy (non-hydrogen) atoms. The van der Waals surface area contributed by atoms with Crippen LogP contribution in [0.15, 0.2) is 0 Å². The van der Waals surface area contributed by atoms with Crippen molar-refractivity contribution in [2.45, 2.75) is 26.2 Å². The lowest BCUT2D eigenvalue weighted by Gasteiger charge is -2.30. The van der Waals surface area contributed by atoms with Gasteiger partial charge in [0, 0.05) is 6.54 Å². The molecule has 1 aliphatic rings. The van der Waals surface area contributed by atoms with Crippen LogP contribution in [0.3, 0.4) is 0 Å². The first-order valence-corrected chi connectivity index (χ1v) is 8.02. The summed E-state index contributed by atoms with van der Waals surface area (Å²) in [7, 11) is 0. The van der Waals surface area contributed by atoms with E-state index in [1.807, 2.05) is 0 Å². The third-order valence-electron chi connectivity index (χ3n) is 3.31. The number of hydrogen-bond donors (Lipinski definition) is 2. The molecule has 1 rings (SSSR count). The number of aliphatic carboxylic acids is 1. The van der Waals surface area contributed by atoms with E-state index in [1.165, 1.54) is 25.9 Å². The van der Waals surface area contributed by atoms with Gasteiger partial charge in [0.05, 0.1) is 11.5 Å². The SMILES string of the molecule is CC1CCN(CCCNC(=O)CSCC(=O)O)CC1. The van der Waals surface area contributed by atoms with Crippen molar-refractivity contribution >= 4 is 23.6 Å². The highest BCUT2D eigenvalue weighted by molar-refractivity contribution is 8.00. The molecule has 6 heteroatoms. The van der Waals surface area contributed by atoms with E-state index in [-0.39, 0.29) is 17.4 Å². The summed E-state index contributed by atoms with van der Waals surface area (Å²) in [6.07, 6.45) is 3.51. The second-order valence-electron chi connectivity index (χ2n) is 5.11. The van der Waals surface area contributed by atoms with Gasteiger partial charge in [0.25, 0.3) is 0 Å². The second-order valence-corrected chi connectivity index (χ2v) is 6.10. The minimum Gasteiger partial charge on any atom is -0.481 e. The van der Waals surface area contributed by atoms with Gasteiger partial charge >= 0.3 is 5.97 Å². The van der Waals surface area contributed by atoms with Crippen LogP contribution in [0.1, 0.15) is 26.2 Å². The molecule has 110 valence electrons. The average Bonchev–Trinajstić information content (AvgIpc) is 2.36. The lowest BCUT2D eigenvalue weighted by molar-refractivity contribution is -0.133. The number of thioether (sulfide) groups is 1. The summed E-state index contributed by atoms with van der Waals surface area (Å²) in [5.41, 5.74) is 0. The third-order valence-corrected chi connectivity index (χ3v) is 4.23. The highest BCUT2D eigenvalue weighted by Gasteiger charge is 2.14. The molecule has 1 heterocycles. The summed E-state index contributed by atoms with van der Waals surface area (Å²) in [5.74, 6) is 0.116. The normalized spacial score (nSPS) is 17.3. The van der Waals surface area contributed by atoms with Crippen LogP contribution in [0.25, 0.3) is 0 Å². The zero-order valence-electron chi connectivity index (χ0n) is 11.6. The molecule has 0 spiro atoms. The van der Waals surface area contributed by atoms with Crippen molar-refractivity contribution in [3.05, 3.63) is 0 Å². The molecule has 0 aromatic heterocycles. The lowest BCUT2D eigenvalue weighted by atomic mass is 9.99. The van der Waals surface area contributed by atoms with Gasteiger partial charge in [-0.25, -0.2) is 0 Å². The first-order chi connectivity index (χ1) is 9.08. The minimum atomic E-state index is -0.878. The summed E-state index contributed by atoms with van der Waals surface area (Å²) < 4.78 is 0. The number of nitrogens with zero attached hydrogens (tertiary/aromatic N) is 1. The zero-order chi connectivity index (χ0) is 14.1. The van der Waals surface area contributed by atoms with E-state index < -0.39 is 5.97 Å². The number of carboxylic acids is 1. The van der Waals surface area contributed by atoms with Gasteiger partial charge in [-0.05, 0) is 44.8 Å². The Kier molecular flexibility index (Phi) is 7.90. The first-order valence-electron chi connectivity index (χ1n) is 6.86. The number of rotatable bonds is 8. The Morgan fingerprint density at radius 2 is 2.00 bits per heavy atom. The van der Waals surface area contributed by atoms with Crippen molar-refractivity contribution in [2.24, 2.45) is 5.92 Å². The summed E-state index contributed by atoms with van der Waals surface area (Å²) in [5, 5.41) is 11.3. The molecule has 5 nitrogen and oxygen atoms in total. The number of likely N-dealkylation sites (tertiary alicyclic amines) is 1. The van der Waals surface area contributed by atoms with E-state index in [2.05, 4.69) is 17.1 Å². The Morgan fingerprint density at radius 1 is 1.32 bits per heavy atom. The molecule has 0 aromatic rings. The number of piperidine rings is 1.